The van der Waals surface area contributed by atoms with Crippen LogP contribution in [0.4, 0.5) is 0 Å². The van der Waals surface area contributed by atoms with Crippen molar-refractivity contribution < 1.29 is 4.79 Å². The molecular weight excluding hydrogens is 336 g/mol. The van der Waals surface area contributed by atoms with Crippen LogP contribution in [0.15, 0.2) is 36.9 Å². The highest BCUT2D eigenvalue weighted by Crippen LogP contribution is 2.43. The molecule has 5 nitrogen and oxygen atoms in total. The van der Waals surface area contributed by atoms with E-state index >= 15 is 0 Å². The summed E-state index contributed by atoms with van der Waals surface area (Å²) in [6, 6.07) is 6.04. The number of carbonyl (C=O) groups excluding carboxylic acids is 1. The molecule has 2 aliphatic rings. The van der Waals surface area contributed by atoms with Gasteiger partial charge in [-0.2, -0.15) is 0 Å². The van der Waals surface area contributed by atoms with Crippen LogP contribution >= 0.6 is 0 Å². The molecule has 1 aromatic heterocycles. The van der Waals surface area contributed by atoms with E-state index in [1.54, 1.807) is 12.5 Å². The Morgan fingerprint density at radius 3 is 2.78 bits per heavy atom. The van der Waals surface area contributed by atoms with Crippen molar-refractivity contribution in [3.63, 3.8) is 0 Å². The lowest BCUT2D eigenvalue weighted by Gasteiger charge is -2.51. The van der Waals surface area contributed by atoms with Crippen LogP contribution in [0.1, 0.15) is 42.1 Å². The van der Waals surface area contributed by atoms with Crippen LogP contribution in [-0.2, 0) is 0 Å². The minimum absolute atomic E-state index is 0.176. The number of amides is 1. The van der Waals surface area contributed by atoms with Gasteiger partial charge in [-0.3, -0.25) is 4.79 Å². The molecule has 0 saturated carbocycles. The van der Waals surface area contributed by atoms with Gasteiger partial charge in [-0.1, -0.05) is 6.92 Å². The minimum atomic E-state index is 0.176. The van der Waals surface area contributed by atoms with Crippen molar-refractivity contribution in [2.45, 2.75) is 33.1 Å². The maximum absolute atomic E-state index is 13.2. The molecule has 2 saturated heterocycles. The van der Waals surface area contributed by atoms with E-state index in [0.717, 1.165) is 36.3 Å². The molecule has 2 unspecified atom stereocenters. The standard InChI is InChI=1S/C22H30N4O/c1-17-13-19(26-12-9-23-16-26)5-6-20(17)21(27)25-11-8-22(18(2)14-25)7-4-10-24(3)15-22/h5-6,9,12-13,16,18H,4,7-8,10-11,14-15H2,1-3H3. The van der Waals surface area contributed by atoms with Gasteiger partial charge in [0.05, 0.1) is 6.33 Å². The van der Waals surface area contributed by atoms with Gasteiger partial charge in [0.15, 0.2) is 0 Å². The van der Waals surface area contributed by atoms with Crippen LogP contribution < -0.4 is 0 Å². The second kappa shape index (κ2) is 7.12. The minimum Gasteiger partial charge on any atom is -0.338 e. The fourth-order valence-corrected chi connectivity index (χ4v) is 5.04. The molecule has 0 N–H and O–H groups in total. The van der Waals surface area contributed by atoms with E-state index in [9.17, 15) is 4.79 Å². The number of rotatable bonds is 2. The van der Waals surface area contributed by atoms with Gasteiger partial charge in [0.25, 0.3) is 5.91 Å². The highest BCUT2D eigenvalue weighted by molar-refractivity contribution is 5.96. The molecule has 144 valence electrons. The number of nitrogens with zero attached hydrogens (tertiary/aromatic N) is 4. The van der Waals surface area contributed by atoms with Gasteiger partial charge in [0, 0.05) is 43.3 Å². The molecule has 1 spiro atoms. The Morgan fingerprint density at radius 2 is 2.11 bits per heavy atom. The molecule has 0 radical (unpaired) electrons. The van der Waals surface area contributed by atoms with Crippen molar-refractivity contribution in [3.05, 3.63) is 48.0 Å². The SMILES string of the molecule is Cc1cc(-n2ccnc2)ccc1C(=O)N1CCC2(CCCN(C)C2)C(C)C1. The van der Waals surface area contributed by atoms with Crippen molar-refractivity contribution in [3.8, 4) is 5.69 Å². The molecule has 0 bridgehead atoms. The molecule has 2 aliphatic heterocycles. The predicted molar refractivity (Wildman–Crippen MR) is 107 cm³/mol. The summed E-state index contributed by atoms with van der Waals surface area (Å²) in [6.07, 6.45) is 9.17. The van der Waals surface area contributed by atoms with Gasteiger partial charge in [-0.05, 0) is 74.9 Å². The Bertz CT molecular complexity index is 816. The first-order chi connectivity index (χ1) is 13.0. The van der Waals surface area contributed by atoms with Crippen molar-refractivity contribution >= 4 is 5.91 Å². The first-order valence-electron chi connectivity index (χ1n) is 10.1. The van der Waals surface area contributed by atoms with E-state index in [0.29, 0.717) is 11.3 Å². The third-order valence-electron chi connectivity index (χ3n) is 6.75. The van der Waals surface area contributed by atoms with E-state index in [1.807, 2.05) is 29.8 Å². The molecular formula is C22H30N4O. The lowest BCUT2D eigenvalue weighted by atomic mass is 9.66. The van der Waals surface area contributed by atoms with Crippen LogP contribution in [0.25, 0.3) is 5.69 Å². The monoisotopic (exact) mass is 366 g/mol. The Hall–Kier alpha value is -2.14. The summed E-state index contributed by atoms with van der Waals surface area (Å²) in [5.74, 6) is 0.721. The zero-order valence-electron chi connectivity index (χ0n) is 16.7. The lowest BCUT2D eigenvalue weighted by molar-refractivity contribution is -0.00878. The second-order valence-electron chi connectivity index (χ2n) is 8.58. The highest BCUT2D eigenvalue weighted by atomic mass is 16.2. The van der Waals surface area contributed by atoms with E-state index in [1.165, 1.54) is 25.9 Å². The van der Waals surface area contributed by atoms with Crippen LogP contribution in [-0.4, -0.2) is 58.5 Å². The third-order valence-corrected chi connectivity index (χ3v) is 6.75. The molecule has 0 aliphatic carbocycles. The smallest absolute Gasteiger partial charge is 0.254 e. The van der Waals surface area contributed by atoms with E-state index in [2.05, 4.69) is 34.8 Å². The third kappa shape index (κ3) is 3.41. The summed E-state index contributed by atoms with van der Waals surface area (Å²) in [4.78, 5) is 21.8. The van der Waals surface area contributed by atoms with Crippen molar-refractivity contribution in [2.75, 3.05) is 33.2 Å². The number of piperidine rings is 2. The van der Waals surface area contributed by atoms with Crippen LogP contribution in [0.5, 0.6) is 0 Å². The van der Waals surface area contributed by atoms with Crippen LogP contribution in [0, 0.1) is 18.3 Å². The van der Waals surface area contributed by atoms with Crippen molar-refractivity contribution in [1.82, 2.24) is 19.4 Å². The van der Waals surface area contributed by atoms with E-state index < -0.39 is 0 Å². The fraction of sp³-hybridized carbons (Fsp3) is 0.545. The Labute approximate surface area is 162 Å². The lowest BCUT2D eigenvalue weighted by Crippen LogP contribution is -2.54. The Kier molecular flexibility index (Phi) is 4.81. The van der Waals surface area contributed by atoms with E-state index in [4.69, 9.17) is 0 Å². The zero-order chi connectivity index (χ0) is 19.0. The first-order valence-corrected chi connectivity index (χ1v) is 10.1. The number of aromatic nitrogens is 2. The quantitative estimate of drug-likeness (QED) is 0.818. The highest BCUT2D eigenvalue weighted by Gasteiger charge is 2.43. The summed E-state index contributed by atoms with van der Waals surface area (Å²) < 4.78 is 1.97. The van der Waals surface area contributed by atoms with Crippen LogP contribution in [0.3, 0.4) is 0 Å². The summed E-state index contributed by atoms with van der Waals surface area (Å²) >= 11 is 0. The normalized spacial score (nSPS) is 26.5. The topological polar surface area (TPSA) is 41.4 Å². The summed E-state index contributed by atoms with van der Waals surface area (Å²) in [6.45, 7) is 8.50. The molecule has 5 heteroatoms. The van der Waals surface area contributed by atoms with Gasteiger partial charge in [0.2, 0.25) is 0 Å². The summed E-state index contributed by atoms with van der Waals surface area (Å²) in [5, 5.41) is 0. The number of likely N-dealkylation sites (tertiary alicyclic amines) is 2. The predicted octanol–water partition coefficient (Wildman–Crippen LogP) is 3.37. The molecule has 4 rings (SSSR count). The molecule has 1 aromatic carbocycles. The average Bonchev–Trinajstić information content (AvgIpc) is 3.18. The number of carbonyl (C=O) groups is 1. The fourth-order valence-electron chi connectivity index (χ4n) is 5.04. The summed E-state index contributed by atoms with van der Waals surface area (Å²) in [5.41, 5.74) is 3.28. The molecule has 2 atom stereocenters. The van der Waals surface area contributed by atoms with Gasteiger partial charge >= 0.3 is 0 Å². The molecule has 1 amide bonds. The number of hydrogen-bond donors (Lipinski definition) is 0. The van der Waals surface area contributed by atoms with Gasteiger partial charge in [-0.15, -0.1) is 0 Å². The maximum Gasteiger partial charge on any atom is 0.254 e. The Morgan fingerprint density at radius 1 is 1.26 bits per heavy atom. The van der Waals surface area contributed by atoms with Gasteiger partial charge in [0.1, 0.15) is 0 Å². The van der Waals surface area contributed by atoms with Crippen LogP contribution in [0.2, 0.25) is 0 Å². The van der Waals surface area contributed by atoms with Crippen molar-refractivity contribution in [1.29, 1.82) is 0 Å². The van der Waals surface area contributed by atoms with E-state index in [-0.39, 0.29) is 5.91 Å². The number of imidazole rings is 1. The molecule has 2 aromatic rings. The average molecular weight is 367 g/mol. The zero-order valence-corrected chi connectivity index (χ0v) is 16.7. The number of hydrogen-bond acceptors (Lipinski definition) is 3. The first kappa shape index (κ1) is 18.2. The summed E-state index contributed by atoms with van der Waals surface area (Å²) in [7, 11) is 2.23. The Balaban J connectivity index is 1.49. The van der Waals surface area contributed by atoms with Crippen molar-refractivity contribution in [2.24, 2.45) is 11.3 Å². The number of aryl methyl sites for hydroxylation is 1. The second-order valence-corrected chi connectivity index (χ2v) is 8.58. The van der Waals surface area contributed by atoms with Gasteiger partial charge < -0.3 is 14.4 Å². The maximum atomic E-state index is 13.2. The molecule has 2 fully saturated rings. The largest absolute Gasteiger partial charge is 0.338 e. The number of benzene rings is 1. The molecule has 27 heavy (non-hydrogen) atoms. The van der Waals surface area contributed by atoms with Gasteiger partial charge in [-0.25, -0.2) is 4.98 Å². The molecule has 3 heterocycles.